The summed E-state index contributed by atoms with van der Waals surface area (Å²) >= 11 is 0. The van der Waals surface area contributed by atoms with Gasteiger partial charge in [0.1, 0.15) is 5.75 Å². The molecule has 1 aromatic rings. The van der Waals surface area contributed by atoms with E-state index in [1.54, 1.807) is 0 Å². The molecule has 0 aliphatic heterocycles. The van der Waals surface area contributed by atoms with Crippen molar-refractivity contribution in [2.24, 2.45) is 17.6 Å². The van der Waals surface area contributed by atoms with Crippen molar-refractivity contribution < 1.29 is 9.84 Å². The fourth-order valence-corrected chi connectivity index (χ4v) is 3.38. The minimum absolute atomic E-state index is 0.333. The molecule has 1 fully saturated rings. The molecular formula is C17H27NO2. The highest BCUT2D eigenvalue weighted by molar-refractivity contribution is 5.31. The van der Waals surface area contributed by atoms with Crippen molar-refractivity contribution in [1.29, 1.82) is 0 Å². The molecule has 20 heavy (non-hydrogen) atoms. The van der Waals surface area contributed by atoms with Gasteiger partial charge in [-0.2, -0.15) is 0 Å². The predicted octanol–water partition coefficient (Wildman–Crippen LogP) is 2.93. The van der Waals surface area contributed by atoms with E-state index < -0.39 is 0 Å². The summed E-state index contributed by atoms with van der Waals surface area (Å²) in [5.41, 5.74) is 7.33. The minimum atomic E-state index is 0.333. The second-order valence-corrected chi connectivity index (χ2v) is 5.81. The smallest absolute Gasteiger partial charge is 0.119 e. The van der Waals surface area contributed by atoms with E-state index >= 15 is 0 Å². The van der Waals surface area contributed by atoms with Gasteiger partial charge in [0.25, 0.3) is 0 Å². The van der Waals surface area contributed by atoms with Crippen LogP contribution < -0.4 is 10.5 Å². The maximum Gasteiger partial charge on any atom is 0.119 e. The van der Waals surface area contributed by atoms with Crippen LogP contribution in [0.4, 0.5) is 0 Å². The summed E-state index contributed by atoms with van der Waals surface area (Å²) in [5.74, 6) is 2.49. The van der Waals surface area contributed by atoms with Crippen molar-refractivity contribution in [2.75, 3.05) is 19.8 Å². The largest absolute Gasteiger partial charge is 0.494 e. The van der Waals surface area contributed by atoms with Gasteiger partial charge < -0.3 is 15.6 Å². The van der Waals surface area contributed by atoms with Gasteiger partial charge in [-0.25, -0.2) is 0 Å². The molecule has 1 aliphatic carbocycles. The van der Waals surface area contributed by atoms with Crippen molar-refractivity contribution >= 4 is 0 Å². The number of aliphatic hydroxyl groups excluding tert-OH is 1. The number of ether oxygens (including phenoxy) is 1. The highest BCUT2D eigenvalue weighted by Crippen LogP contribution is 2.38. The van der Waals surface area contributed by atoms with Crippen molar-refractivity contribution in [3.05, 3.63) is 29.8 Å². The van der Waals surface area contributed by atoms with Gasteiger partial charge in [-0.1, -0.05) is 12.1 Å². The highest BCUT2D eigenvalue weighted by Gasteiger charge is 2.27. The van der Waals surface area contributed by atoms with Crippen LogP contribution in [0.3, 0.4) is 0 Å². The molecule has 1 atom stereocenters. The summed E-state index contributed by atoms with van der Waals surface area (Å²) in [6.45, 7) is 3.71. The van der Waals surface area contributed by atoms with E-state index in [9.17, 15) is 5.11 Å². The fraction of sp³-hybridized carbons (Fsp3) is 0.647. The summed E-state index contributed by atoms with van der Waals surface area (Å²) in [6.07, 6.45) is 4.60. The van der Waals surface area contributed by atoms with Crippen LogP contribution in [0.25, 0.3) is 0 Å². The fourth-order valence-electron chi connectivity index (χ4n) is 3.38. The van der Waals surface area contributed by atoms with E-state index in [0.717, 1.165) is 18.6 Å². The molecule has 1 aliphatic rings. The molecular weight excluding hydrogens is 250 g/mol. The summed E-state index contributed by atoms with van der Waals surface area (Å²) < 4.78 is 5.59. The second kappa shape index (κ2) is 7.65. The first kappa shape index (κ1) is 15.3. The molecule has 0 bridgehead atoms. The van der Waals surface area contributed by atoms with E-state index in [0.29, 0.717) is 37.5 Å². The Labute approximate surface area is 122 Å². The van der Waals surface area contributed by atoms with Crippen LogP contribution in [-0.4, -0.2) is 24.9 Å². The maximum atomic E-state index is 9.24. The van der Waals surface area contributed by atoms with Gasteiger partial charge in [-0.15, -0.1) is 0 Å². The molecule has 1 aromatic carbocycles. The number of hydrogen-bond acceptors (Lipinski definition) is 3. The average Bonchev–Trinajstić information content (AvgIpc) is 2.49. The van der Waals surface area contributed by atoms with E-state index in [1.165, 1.54) is 18.4 Å². The lowest BCUT2D eigenvalue weighted by Crippen LogP contribution is -2.26. The molecule has 0 heterocycles. The van der Waals surface area contributed by atoms with E-state index in [-0.39, 0.29) is 0 Å². The first-order chi connectivity index (χ1) is 9.78. The Balaban J connectivity index is 2.06. The molecule has 112 valence electrons. The molecule has 0 spiro atoms. The number of hydrogen-bond donors (Lipinski definition) is 2. The summed E-state index contributed by atoms with van der Waals surface area (Å²) in [7, 11) is 0. The lowest BCUT2D eigenvalue weighted by molar-refractivity contribution is 0.158. The van der Waals surface area contributed by atoms with Gasteiger partial charge in [0.2, 0.25) is 0 Å². The molecule has 0 amide bonds. The Kier molecular flexibility index (Phi) is 5.86. The molecule has 1 saturated carbocycles. The summed E-state index contributed by atoms with van der Waals surface area (Å²) in [6, 6.07) is 8.36. The van der Waals surface area contributed by atoms with Crippen LogP contribution in [0.5, 0.6) is 5.75 Å². The molecule has 2 rings (SSSR count). The third-order valence-electron chi connectivity index (χ3n) is 4.57. The maximum absolute atomic E-state index is 9.24. The molecule has 0 saturated heterocycles. The Bertz CT molecular complexity index is 400. The third kappa shape index (κ3) is 3.74. The zero-order chi connectivity index (χ0) is 14.4. The SMILES string of the molecule is CCOc1cccc(C(CN)C2CCC(CO)CC2)c1. The van der Waals surface area contributed by atoms with Gasteiger partial charge in [-0.05, 0) is 74.6 Å². The monoisotopic (exact) mass is 277 g/mol. The van der Waals surface area contributed by atoms with Crippen molar-refractivity contribution in [3.8, 4) is 5.75 Å². The zero-order valence-electron chi connectivity index (χ0n) is 12.4. The molecule has 3 N–H and O–H groups in total. The van der Waals surface area contributed by atoms with E-state index in [2.05, 4.69) is 18.2 Å². The quantitative estimate of drug-likeness (QED) is 0.840. The van der Waals surface area contributed by atoms with Crippen LogP contribution in [-0.2, 0) is 0 Å². The normalized spacial score (nSPS) is 24.4. The Morgan fingerprint density at radius 2 is 2.05 bits per heavy atom. The van der Waals surface area contributed by atoms with Gasteiger partial charge in [0.15, 0.2) is 0 Å². The lowest BCUT2D eigenvalue weighted by atomic mass is 9.73. The zero-order valence-corrected chi connectivity index (χ0v) is 12.4. The van der Waals surface area contributed by atoms with Crippen LogP contribution in [0, 0.1) is 11.8 Å². The van der Waals surface area contributed by atoms with Crippen LogP contribution in [0.15, 0.2) is 24.3 Å². The van der Waals surface area contributed by atoms with Crippen molar-refractivity contribution in [2.45, 2.75) is 38.5 Å². The van der Waals surface area contributed by atoms with Gasteiger partial charge in [-0.3, -0.25) is 0 Å². The second-order valence-electron chi connectivity index (χ2n) is 5.81. The standard InChI is InChI=1S/C17H27NO2/c1-2-20-16-5-3-4-15(10-16)17(11-18)14-8-6-13(12-19)7-9-14/h3-5,10,13-14,17,19H,2,6-9,11-12,18H2,1H3. The summed E-state index contributed by atoms with van der Waals surface area (Å²) in [4.78, 5) is 0. The third-order valence-corrected chi connectivity index (χ3v) is 4.57. The number of aliphatic hydroxyl groups is 1. The van der Waals surface area contributed by atoms with E-state index in [1.807, 2.05) is 13.0 Å². The topological polar surface area (TPSA) is 55.5 Å². The molecule has 3 heteroatoms. The van der Waals surface area contributed by atoms with Crippen molar-refractivity contribution in [3.63, 3.8) is 0 Å². The first-order valence-electron chi connectivity index (χ1n) is 7.82. The first-order valence-corrected chi connectivity index (χ1v) is 7.82. The van der Waals surface area contributed by atoms with Crippen LogP contribution >= 0.6 is 0 Å². The summed E-state index contributed by atoms with van der Waals surface area (Å²) in [5, 5.41) is 9.24. The molecule has 1 unspecified atom stereocenters. The van der Waals surface area contributed by atoms with Crippen molar-refractivity contribution in [1.82, 2.24) is 0 Å². The van der Waals surface area contributed by atoms with Gasteiger partial charge in [0.05, 0.1) is 6.61 Å². The Hall–Kier alpha value is -1.06. The molecule has 3 nitrogen and oxygen atoms in total. The minimum Gasteiger partial charge on any atom is -0.494 e. The number of benzene rings is 1. The highest BCUT2D eigenvalue weighted by atomic mass is 16.5. The average molecular weight is 277 g/mol. The van der Waals surface area contributed by atoms with Gasteiger partial charge in [0, 0.05) is 6.61 Å². The van der Waals surface area contributed by atoms with Crippen LogP contribution in [0.1, 0.15) is 44.1 Å². The van der Waals surface area contributed by atoms with Crippen LogP contribution in [0.2, 0.25) is 0 Å². The number of rotatable bonds is 6. The lowest BCUT2D eigenvalue weighted by Gasteiger charge is -2.33. The number of nitrogens with two attached hydrogens (primary N) is 1. The molecule has 0 aromatic heterocycles. The molecule has 0 radical (unpaired) electrons. The Morgan fingerprint density at radius 1 is 1.30 bits per heavy atom. The predicted molar refractivity (Wildman–Crippen MR) is 81.9 cm³/mol. The van der Waals surface area contributed by atoms with Gasteiger partial charge >= 0.3 is 0 Å². The Morgan fingerprint density at radius 3 is 2.65 bits per heavy atom. The van der Waals surface area contributed by atoms with E-state index in [4.69, 9.17) is 10.5 Å².